The van der Waals surface area contributed by atoms with E-state index in [4.69, 9.17) is 16.3 Å². The number of aromatic nitrogens is 4. The van der Waals surface area contributed by atoms with E-state index in [9.17, 15) is 4.79 Å². The molecule has 2 aromatic carbocycles. The third-order valence-corrected chi connectivity index (χ3v) is 4.37. The van der Waals surface area contributed by atoms with Crippen molar-refractivity contribution in [2.45, 2.75) is 0 Å². The minimum atomic E-state index is -0.260. The average Bonchev–Trinajstić information content (AvgIpc) is 3.30. The molecular weight excluding hydrogens is 402 g/mol. The highest BCUT2D eigenvalue weighted by Gasteiger charge is 2.04. The summed E-state index contributed by atoms with van der Waals surface area (Å²) in [5, 5.41) is 15.6. The molecule has 0 saturated carbocycles. The van der Waals surface area contributed by atoms with Crippen LogP contribution in [0.2, 0.25) is 5.02 Å². The lowest BCUT2D eigenvalue weighted by Gasteiger charge is -2.07. The maximum atomic E-state index is 12.1. The van der Waals surface area contributed by atoms with Crippen LogP contribution in [0.15, 0.2) is 85.2 Å². The van der Waals surface area contributed by atoms with Crippen LogP contribution in [0.1, 0.15) is 5.56 Å². The first-order chi connectivity index (χ1) is 14.7. The van der Waals surface area contributed by atoms with E-state index in [1.54, 1.807) is 71.7 Å². The fraction of sp³-hybridized carbons (Fsp3) is 0. The minimum Gasteiger partial charge on any atom is -0.438 e. The number of amides is 1. The monoisotopic (exact) mass is 417 g/mol. The van der Waals surface area contributed by atoms with Gasteiger partial charge in [-0.05, 0) is 54.1 Å². The summed E-state index contributed by atoms with van der Waals surface area (Å²) in [5.41, 5.74) is 1.41. The van der Waals surface area contributed by atoms with E-state index in [1.807, 2.05) is 18.2 Å². The van der Waals surface area contributed by atoms with Crippen molar-refractivity contribution in [3.8, 4) is 17.4 Å². The predicted molar refractivity (Wildman–Crippen MR) is 115 cm³/mol. The molecule has 2 heterocycles. The first-order valence-corrected chi connectivity index (χ1v) is 9.40. The number of halogens is 1. The van der Waals surface area contributed by atoms with Gasteiger partial charge in [-0.15, -0.1) is 10.2 Å². The topological polar surface area (TPSA) is 81.9 Å². The van der Waals surface area contributed by atoms with Gasteiger partial charge in [-0.3, -0.25) is 4.79 Å². The van der Waals surface area contributed by atoms with Gasteiger partial charge in [-0.1, -0.05) is 29.8 Å². The highest BCUT2D eigenvalue weighted by Crippen LogP contribution is 2.22. The normalized spacial score (nSPS) is 10.8. The molecule has 8 heteroatoms. The van der Waals surface area contributed by atoms with E-state index >= 15 is 0 Å². The Hall–Kier alpha value is -3.97. The molecule has 7 nitrogen and oxygen atoms in total. The van der Waals surface area contributed by atoms with Crippen LogP contribution < -0.4 is 10.1 Å². The summed E-state index contributed by atoms with van der Waals surface area (Å²) >= 11 is 6.08. The molecule has 0 aliphatic rings. The molecule has 0 spiro atoms. The molecule has 1 N–H and O–H groups in total. The van der Waals surface area contributed by atoms with Gasteiger partial charge >= 0.3 is 0 Å². The van der Waals surface area contributed by atoms with Crippen LogP contribution in [0.3, 0.4) is 0 Å². The molecule has 30 heavy (non-hydrogen) atoms. The van der Waals surface area contributed by atoms with Gasteiger partial charge in [0, 0.05) is 35.2 Å². The van der Waals surface area contributed by atoms with Gasteiger partial charge in [0.2, 0.25) is 11.8 Å². The summed E-state index contributed by atoms with van der Waals surface area (Å²) in [6.07, 6.45) is 6.54. The summed E-state index contributed by atoms with van der Waals surface area (Å²) in [6.45, 7) is 0. The maximum absolute atomic E-state index is 12.1. The lowest BCUT2D eigenvalue weighted by molar-refractivity contribution is -0.111. The molecular formula is C22H16ClN5O2. The van der Waals surface area contributed by atoms with Crippen molar-refractivity contribution in [3.63, 3.8) is 0 Å². The molecule has 0 bridgehead atoms. The zero-order valence-electron chi connectivity index (χ0n) is 15.6. The molecule has 0 radical (unpaired) electrons. The Morgan fingerprint density at radius 3 is 2.53 bits per heavy atom. The number of nitrogens with zero attached hydrogens (tertiary/aromatic N) is 4. The SMILES string of the molecule is O=C(/C=C/c1ccccc1Cl)Nc1ccc(Oc2ccc(-n3cccn3)nn2)cc1. The number of ether oxygens (including phenoxy) is 1. The van der Waals surface area contributed by atoms with Crippen LogP contribution in [0.5, 0.6) is 11.6 Å². The molecule has 2 aromatic heterocycles. The fourth-order valence-electron chi connectivity index (χ4n) is 2.58. The van der Waals surface area contributed by atoms with Crippen molar-refractivity contribution in [3.05, 3.63) is 95.8 Å². The Morgan fingerprint density at radius 2 is 1.83 bits per heavy atom. The fourth-order valence-corrected chi connectivity index (χ4v) is 2.78. The standard InChI is InChI=1S/C22H16ClN5O2/c23-19-5-2-1-4-16(19)6-12-21(29)25-17-7-9-18(10-8-17)30-22-13-11-20(26-27-22)28-15-3-14-24-28/h1-15H,(H,25,29)/b12-6+. The van der Waals surface area contributed by atoms with Gasteiger partial charge in [-0.2, -0.15) is 5.10 Å². The van der Waals surface area contributed by atoms with Gasteiger partial charge < -0.3 is 10.1 Å². The second-order valence-electron chi connectivity index (χ2n) is 6.15. The quantitative estimate of drug-likeness (QED) is 0.457. The molecule has 0 fully saturated rings. The molecule has 0 aliphatic heterocycles. The zero-order valence-corrected chi connectivity index (χ0v) is 16.4. The van der Waals surface area contributed by atoms with E-state index in [0.29, 0.717) is 28.2 Å². The Kier molecular flexibility index (Phi) is 5.82. The second-order valence-corrected chi connectivity index (χ2v) is 6.56. The first-order valence-electron chi connectivity index (χ1n) is 9.03. The van der Waals surface area contributed by atoms with Crippen LogP contribution in [0.4, 0.5) is 5.69 Å². The second kappa shape index (κ2) is 9.02. The summed E-state index contributed by atoms with van der Waals surface area (Å²) in [5.74, 6) is 1.25. The Bertz CT molecular complexity index is 1160. The molecule has 0 unspecified atom stereocenters. The number of anilines is 1. The maximum Gasteiger partial charge on any atom is 0.248 e. The highest BCUT2D eigenvalue weighted by atomic mass is 35.5. The first kappa shape index (κ1) is 19.4. The number of hydrogen-bond donors (Lipinski definition) is 1. The van der Waals surface area contributed by atoms with E-state index in [-0.39, 0.29) is 5.91 Å². The summed E-state index contributed by atoms with van der Waals surface area (Å²) in [7, 11) is 0. The number of carbonyl (C=O) groups is 1. The number of benzene rings is 2. The van der Waals surface area contributed by atoms with E-state index in [1.165, 1.54) is 6.08 Å². The highest BCUT2D eigenvalue weighted by molar-refractivity contribution is 6.32. The van der Waals surface area contributed by atoms with E-state index < -0.39 is 0 Å². The number of rotatable bonds is 6. The lowest BCUT2D eigenvalue weighted by Crippen LogP contribution is -2.07. The number of hydrogen-bond acceptors (Lipinski definition) is 5. The predicted octanol–water partition coefficient (Wildman–Crippen LogP) is 4.76. The van der Waals surface area contributed by atoms with Crippen molar-refractivity contribution >= 4 is 29.3 Å². The summed E-state index contributed by atoms with van der Waals surface area (Å²) < 4.78 is 7.29. The largest absolute Gasteiger partial charge is 0.438 e. The minimum absolute atomic E-state index is 0.260. The molecule has 4 rings (SSSR count). The summed E-state index contributed by atoms with van der Waals surface area (Å²) in [4.78, 5) is 12.1. The smallest absolute Gasteiger partial charge is 0.248 e. The zero-order chi connectivity index (χ0) is 20.8. The molecule has 4 aromatic rings. The molecule has 148 valence electrons. The summed E-state index contributed by atoms with van der Waals surface area (Å²) in [6, 6.07) is 19.5. The average molecular weight is 418 g/mol. The van der Waals surface area contributed by atoms with Crippen molar-refractivity contribution < 1.29 is 9.53 Å². The lowest BCUT2D eigenvalue weighted by atomic mass is 10.2. The van der Waals surface area contributed by atoms with Crippen LogP contribution in [0.25, 0.3) is 11.9 Å². The van der Waals surface area contributed by atoms with Crippen molar-refractivity contribution in [1.29, 1.82) is 0 Å². The molecule has 0 saturated heterocycles. The number of carbonyl (C=O) groups excluding carboxylic acids is 1. The Balaban J connectivity index is 1.35. The van der Waals surface area contributed by atoms with Crippen LogP contribution in [-0.2, 0) is 4.79 Å². The van der Waals surface area contributed by atoms with Gasteiger partial charge in [0.15, 0.2) is 5.82 Å². The van der Waals surface area contributed by atoms with E-state index in [2.05, 4.69) is 20.6 Å². The van der Waals surface area contributed by atoms with Crippen molar-refractivity contribution in [2.24, 2.45) is 0 Å². The molecule has 0 aliphatic carbocycles. The third-order valence-electron chi connectivity index (χ3n) is 4.03. The van der Waals surface area contributed by atoms with Crippen LogP contribution in [-0.4, -0.2) is 25.9 Å². The van der Waals surface area contributed by atoms with Crippen molar-refractivity contribution in [1.82, 2.24) is 20.0 Å². The third kappa shape index (κ3) is 4.89. The van der Waals surface area contributed by atoms with Crippen LogP contribution >= 0.6 is 11.6 Å². The van der Waals surface area contributed by atoms with Gasteiger partial charge in [0.05, 0.1) is 0 Å². The number of nitrogens with one attached hydrogen (secondary N) is 1. The molecule has 1 amide bonds. The Labute approximate surface area is 177 Å². The van der Waals surface area contributed by atoms with Gasteiger partial charge in [0.25, 0.3) is 0 Å². The van der Waals surface area contributed by atoms with Crippen molar-refractivity contribution in [2.75, 3.05) is 5.32 Å². The van der Waals surface area contributed by atoms with Crippen LogP contribution in [0, 0.1) is 0 Å². The molecule has 0 atom stereocenters. The Morgan fingerprint density at radius 1 is 1.00 bits per heavy atom. The van der Waals surface area contributed by atoms with Gasteiger partial charge in [0.1, 0.15) is 5.75 Å². The van der Waals surface area contributed by atoms with E-state index in [0.717, 1.165) is 5.56 Å². The van der Waals surface area contributed by atoms with Gasteiger partial charge in [-0.25, -0.2) is 4.68 Å².